The van der Waals surface area contributed by atoms with E-state index >= 15 is 0 Å². The number of benzene rings is 1. The molecule has 0 fully saturated rings. The normalized spacial score (nSPS) is 15.8. The molecule has 3 aromatic rings. The van der Waals surface area contributed by atoms with Crippen molar-refractivity contribution in [3.63, 3.8) is 0 Å². The first kappa shape index (κ1) is 17.5. The smallest absolute Gasteiger partial charge is 0.315 e. The second kappa shape index (κ2) is 7.79. The Morgan fingerprint density at radius 1 is 1.30 bits per heavy atom. The summed E-state index contributed by atoms with van der Waals surface area (Å²) in [5.74, 6) is 1.23. The Kier molecular flexibility index (Phi) is 5.06. The molecule has 3 heterocycles. The Labute approximate surface area is 160 Å². The number of hydrogen-bond acceptors (Lipinski definition) is 4. The lowest BCUT2D eigenvalue weighted by molar-refractivity contribution is 0.236. The van der Waals surface area contributed by atoms with Crippen molar-refractivity contribution in [3.8, 4) is 5.82 Å². The molecule has 2 amide bonds. The van der Waals surface area contributed by atoms with Crippen molar-refractivity contribution in [2.75, 3.05) is 5.75 Å². The molecule has 0 aliphatic carbocycles. The highest BCUT2D eigenvalue weighted by Gasteiger charge is 2.24. The maximum atomic E-state index is 13.9. The van der Waals surface area contributed by atoms with Crippen LogP contribution in [0.25, 0.3) is 5.82 Å². The predicted octanol–water partition coefficient (Wildman–Crippen LogP) is 3.44. The van der Waals surface area contributed by atoms with Gasteiger partial charge in [0.05, 0.1) is 6.04 Å². The molecule has 8 heteroatoms. The highest BCUT2D eigenvalue weighted by atomic mass is 32.2. The Morgan fingerprint density at radius 2 is 2.22 bits per heavy atom. The minimum atomic E-state index is -0.278. The van der Waals surface area contributed by atoms with Gasteiger partial charge in [-0.3, -0.25) is 0 Å². The lowest BCUT2D eigenvalue weighted by atomic mass is 10.0. The van der Waals surface area contributed by atoms with Crippen LogP contribution in [-0.4, -0.2) is 26.5 Å². The molecule has 1 aliphatic heterocycles. The van der Waals surface area contributed by atoms with Crippen LogP contribution in [0, 0.1) is 5.82 Å². The minimum Gasteiger partial charge on any atom is -0.334 e. The van der Waals surface area contributed by atoms with Gasteiger partial charge in [0.15, 0.2) is 5.82 Å². The quantitative estimate of drug-likeness (QED) is 0.724. The Hall–Kier alpha value is -2.87. The molecule has 138 valence electrons. The van der Waals surface area contributed by atoms with Gasteiger partial charge in [-0.15, -0.1) is 11.8 Å². The van der Waals surface area contributed by atoms with Crippen LogP contribution in [0.5, 0.6) is 0 Å². The highest BCUT2D eigenvalue weighted by molar-refractivity contribution is 7.99. The van der Waals surface area contributed by atoms with E-state index in [1.54, 1.807) is 23.1 Å². The second-order valence-corrected chi connectivity index (χ2v) is 7.25. The number of fused-ring (bicyclic) bond motifs is 1. The third-order valence-corrected chi connectivity index (χ3v) is 5.49. The number of rotatable bonds is 4. The molecule has 6 nitrogen and oxygen atoms in total. The topological polar surface area (TPSA) is 71.8 Å². The number of urea groups is 1. The third-order valence-electron chi connectivity index (χ3n) is 4.33. The van der Waals surface area contributed by atoms with Gasteiger partial charge in [-0.2, -0.15) is 5.10 Å². The molecule has 1 aliphatic rings. The van der Waals surface area contributed by atoms with Crippen LogP contribution in [0.3, 0.4) is 0 Å². The van der Waals surface area contributed by atoms with E-state index in [2.05, 4.69) is 20.7 Å². The van der Waals surface area contributed by atoms with Gasteiger partial charge in [0, 0.05) is 35.8 Å². The first-order valence-corrected chi connectivity index (χ1v) is 9.60. The van der Waals surface area contributed by atoms with Crippen molar-refractivity contribution in [3.05, 3.63) is 71.9 Å². The van der Waals surface area contributed by atoms with E-state index in [1.165, 1.54) is 17.8 Å². The van der Waals surface area contributed by atoms with Crippen molar-refractivity contribution in [2.24, 2.45) is 0 Å². The molecule has 0 bridgehead atoms. The Bertz CT molecular complexity index is 947. The van der Waals surface area contributed by atoms with Crippen LogP contribution in [-0.2, 0) is 6.54 Å². The molecule has 2 aromatic heterocycles. The summed E-state index contributed by atoms with van der Waals surface area (Å²) in [6, 6.07) is 10.1. The summed E-state index contributed by atoms with van der Waals surface area (Å²) in [5, 5.41) is 9.96. The summed E-state index contributed by atoms with van der Waals surface area (Å²) >= 11 is 1.49. The van der Waals surface area contributed by atoms with Crippen molar-refractivity contribution in [2.45, 2.75) is 23.9 Å². The molecule has 0 radical (unpaired) electrons. The zero-order chi connectivity index (χ0) is 18.6. The lowest BCUT2D eigenvalue weighted by Gasteiger charge is -2.26. The molecular weight excluding hydrogens is 365 g/mol. The molecule has 0 spiro atoms. The van der Waals surface area contributed by atoms with E-state index in [1.807, 2.05) is 30.5 Å². The number of carbonyl (C=O) groups excluding carboxylic acids is 1. The van der Waals surface area contributed by atoms with Crippen LogP contribution < -0.4 is 10.6 Å². The van der Waals surface area contributed by atoms with E-state index in [0.29, 0.717) is 17.3 Å². The first-order valence-electron chi connectivity index (χ1n) is 8.61. The standard InChI is InChI=1S/C19H18FN5OS/c20-15-4-1-3-14-16(6-10-27-18(14)15)24-19(26)22-12-13-5-8-21-17(11-13)25-9-2-7-23-25/h1-5,7-9,11,16H,6,10,12H2,(H2,22,24,26). The molecule has 4 rings (SSSR count). The van der Waals surface area contributed by atoms with Crippen LogP contribution in [0.15, 0.2) is 59.9 Å². The summed E-state index contributed by atoms with van der Waals surface area (Å²) in [7, 11) is 0. The van der Waals surface area contributed by atoms with E-state index in [4.69, 9.17) is 0 Å². The van der Waals surface area contributed by atoms with Crippen LogP contribution in [0.4, 0.5) is 9.18 Å². The number of amides is 2. The summed E-state index contributed by atoms with van der Waals surface area (Å²) < 4.78 is 15.6. The Morgan fingerprint density at radius 3 is 3.07 bits per heavy atom. The van der Waals surface area contributed by atoms with Gasteiger partial charge >= 0.3 is 6.03 Å². The molecule has 0 saturated heterocycles. The van der Waals surface area contributed by atoms with Crippen LogP contribution >= 0.6 is 11.8 Å². The van der Waals surface area contributed by atoms with Crippen molar-refractivity contribution in [1.29, 1.82) is 0 Å². The number of halogens is 1. The highest BCUT2D eigenvalue weighted by Crippen LogP contribution is 2.37. The zero-order valence-electron chi connectivity index (χ0n) is 14.4. The average Bonchev–Trinajstić information content (AvgIpc) is 3.22. The second-order valence-electron chi connectivity index (χ2n) is 6.15. The summed E-state index contributed by atoms with van der Waals surface area (Å²) in [5.41, 5.74) is 1.75. The number of nitrogens with one attached hydrogen (secondary N) is 2. The molecule has 0 saturated carbocycles. The van der Waals surface area contributed by atoms with Gasteiger partial charge in [0.25, 0.3) is 0 Å². The average molecular weight is 383 g/mol. The fraction of sp³-hybridized carbons (Fsp3) is 0.211. The van der Waals surface area contributed by atoms with Gasteiger partial charge in [0.1, 0.15) is 5.82 Å². The maximum Gasteiger partial charge on any atom is 0.315 e. The van der Waals surface area contributed by atoms with Crippen LogP contribution in [0.1, 0.15) is 23.6 Å². The number of aromatic nitrogens is 3. The van der Waals surface area contributed by atoms with Gasteiger partial charge in [-0.1, -0.05) is 12.1 Å². The number of pyridine rings is 1. The summed E-state index contributed by atoms with van der Waals surface area (Å²) in [6.07, 6.45) is 5.95. The largest absolute Gasteiger partial charge is 0.334 e. The predicted molar refractivity (Wildman–Crippen MR) is 101 cm³/mol. The van der Waals surface area contributed by atoms with E-state index in [9.17, 15) is 9.18 Å². The third kappa shape index (κ3) is 3.95. The van der Waals surface area contributed by atoms with Crippen molar-refractivity contribution in [1.82, 2.24) is 25.4 Å². The molecule has 1 aromatic carbocycles. The summed E-state index contributed by atoms with van der Waals surface area (Å²) in [4.78, 5) is 17.2. The fourth-order valence-electron chi connectivity index (χ4n) is 3.03. The molecule has 1 unspecified atom stereocenters. The fourth-order valence-corrected chi connectivity index (χ4v) is 4.17. The van der Waals surface area contributed by atoms with Crippen molar-refractivity contribution < 1.29 is 9.18 Å². The number of carbonyl (C=O) groups is 1. The van der Waals surface area contributed by atoms with Crippen molar-refractivity contribution >= 4 is 17.8 Å². The SMILES string of the molecule is O=C(NCc1ccnc(-n2cccn2)c1)NC1CCSc2c(F)cccc21. The lowest BCUT2D eigenvalue weighted by Crippen LogP contribution is -2.38. The van der Waals surface area contributed by atoms with Gasteiger partial charge in [-0.05, 0) is 41.8 Å². The number of thioether (sulfide) groups is 1. The molecule has 27 heavy (non-hydrogen) atoms. The van der Waals surface area contributed by atoms with Gasteiger partial charge in [-0.25, -0.2) is 18.9 Å². The van der Waals surface area contributed by atoms with Gasteiger partial charge < -0.3 is 10.6 Å². The minimum absolute atomic E-state index is 0.186. The van der Waals surface area contributed by atoms with E-state index in [-0.39, 0.29) is 17.9 Å². The summed E-state index contributed by atoms with van der Waals surface area (Å²) in [6.45, 7) is 0.361. The zero-order valence-corrected chi connectivity index (χ0v) is 15.2. The first-order chi connectivity index (χ1) is 13.2. The number of nitrogens with zero attached hydrogens (tertiary/aromatic N) is 3. The maximum absolute atomic E-state index is 13.9. The van der Waals surface area contributed by atoms with E-state index in [0.717, 1.165) is 23.3 Å². The Balaban J connectivity index is 1.39. The number of hydrogen-bond donors (Lipinski definition) is 2. The van der Waals surface area contributed by atoms with Crippen LogP contribution in [0.2, 0.25) is 0 Å². The molecular formula is C19H18FN5OS. The van der Waals surface area contributed by atoms with E-state index < -0.39 is 0 Å². The molecule has 2 N–H and O–H groups in total. The van der Waals surface area contributed by atoms with Gasteiger partial charge in [0.2, 0.25) is 0 Å². The monoisotopic (exact) mass is 383 g/mol. The molecule has 1 atom stereocenters.